The van der Waals surface area contributed by atoms with E-state index in [0.29, 0.717) is 24.3 Å². The summed E-state index contributed by atoms with van der Waals surface area (Å²) < 4.78 is 0. The van der Waals surface area contributed by atoms with Crippen LogP contribution in [0.1, 0.15) is 29.8 Å². The summed E-state index contributed by atoms with van der Waals surface area (Å²) >= 11 is 0. The zero-order chi connectivity index (χ0) is 18.2. The molecule has 2 rings (SSSR count). The van der Waals surface area contributed by atoms with Crippen LogP contribution in [-0.4, -0.2) is 36.3 Å². The van der Waals surface area contributed by atoms with Crippen LogP contribution in [0.2, 0.25) is 0 Å². The van der Waals surface area contributed by atoms with E-state index in [1.54, 1.807) is 29.2 Å². The van der Waals surface area contributed by atoms with Gasteiger partial charge in [-0.05, 0) is 57.2 Å². The number of hydrogen-bond acceptors (Lipinski definition) is 3. The summed E-state index contributed by atoms with van der Waals surface area (Å²) in [6, 6.07) is 14.8. The average Bonchev–Trinajstić information content (AvgIpc) is 2.63. The first-order valence-electron chi connectivity index (χ1n) is 8.53. The maximum atomic E-state index is 12.3. The minimum Gasteiger partial charge on any atom is -0.376 e. The smallest absolute Gasteiger partial charge is 0.253 e. The zero-order valence-electron chi connectivity index (χ0n) is 15.0. The lowest BCUT2D eigenvalue weighted by atomic mass is 10.1. The van der Waals surface area contributed by atoms with Gasteiger partial charge in [0.25, 0.3) is 5.91 Å². The van der Waals surface area contributed by atoms with E-state index in [0.717, 1.165) is 5.69 Å². The molecule has 25 heavy (non-hydrogen) atoms. The quantitative estimate of drug-likeness (QED) is 0.811. The van der Waals surface area contributed by atoms with E-state index in [2.05, 4.69) is 10.6 Å². The van der Waals surface area contributed by atoms with Gasteiger partial charge >= 0.3 is 0 Å². The van der Waals surface area contributed by atoms with Crippen molar-refractivity contribution in [3.8, 4) is 0 Å². The van der Waals surface area contributed by atoms with Gasteiger partial charge in [0.05, 0.1) is 6.54 Å². The molecule has 5 heteroatoms. The first-order chi connectivity index (χ1) is 12.0. The Morgan fingerprint density at radius 1 is 0.880 bits per heavy atom. The molecular weight excluding hydrogens is 314 g/mol. The molecule has 0 atom stereocenters. The third kappa shape index (κ3) is 5.35. The number of carbonyl (C=O) groups is 2. The minimum absolute atomic E-state index is 0.00362. The van der Waals surface area contributed by atoms with E-state index in [9.17, 15) is 9.59 Å². The Bertz CT molecular complexity index is 705. The normalized spacial score (nSPS) is 10.2. The molecule has 0 radical (unpaired) electrons. The fraction of sp³-hybridized carbons (Fsp3) is 0.300. The summed E-state index contributed by atoms with van der Waals surface area (Å²) in [7, 11) is 0. The Labute approximate surface area is 149 Å². The number of nitrogens with zero attached hydrogens (tertiary/aromatic N) is 1. The van der Waals surface area contributed by atoms with Crippen molar-refractivity contribution in [2.45, 2.75) is 20.8 Å². The highest BCUT2D eigenvalue weighted by molar-refractivity contribution is 5.96. The summed E-state index contributed by atoms with van der Waals surface area (Å²) in [5.41, 5.74) is 3.38. The van der Waals surface area contributed by atoms with Crippen LogP contribution < -0.4 is 10.6 Å². The van der Waals surface area contributed by atoms with Gasteiger partial charge in [-0.3, -0.25) is 9.59 Å². The number of anilines is 2. The van der Waals surface area contributed by atoms with Crippen molar-refractivity contribution in [2.24, 2.45) is 0 Å². The van der Waals surface area contributed by atoms with Gasteiger partial charge in [-0.15, -0.1) is 0 Å². The highest BCUT2D eigenvalue weighted by Crippen LogP contribution is 2.12. The number of amides is 2. The Morgan fingerprint density at radius 2 is 1.44 bits per heavy atom. The summed E-state index contributed by atoms with van der Waals surface area (Å²) in [4.78, 5) is 26.0. The molecule has 0 unspecified atom stereocenters. The van der Waals surface area contributed by atoms with Gasteiger partial charge in [0, 0.05) is 30.0 Å². The van der Waals surface area contributed by atoms with Crippen molar-refractivity contribution < 1.29 is 9.59 Å². The summed E-state index contributed by atoms with van der Waals surface area (Å²) in [5, 5.41) is 5.90. The van der Waals surface area contributed by atoms with Crippen LogP contribution >= 0.6 is 0 Å². The van der Waals surface area contributed by atoms with E-state index in [1.165, 1.54) is 5.56 Å². The van der Waals surface area contributed by atoms with Gasteiger partial charge in [-0.25, -0.2) is 0 Å². The maximum absolute atomic E-state index is 12.3. The van der Waals surface area contributed by atoms with E-state index in [1.807, 2.05) is 45.0 Å². The van der Waals surface area contributed by atoms with Crippen LogP contribution in [0.3, 0.4) is 0 Å². The molecule has 5 nitrogen and oxygen atoms in total. The van der Waals surface area contributed by atoms with Crippen LogP contribution in [0, 0.1) is 6.92 Å². The first-order valence-corrected chi connectivity index (χ1v) is 8.53. The Hall–Kier alpha value is -2.82. The summed E-state index contributed by atoms with van der Waals surface area (Å²) in [6.45, 7) is 7.47. The van der Waals surface area contributed by atoms with Gasteiger partial charge in [-0.2, -0.15) is 0 Å². The van der Waals surface area contributed by atoms with Gasteiger partial charge in [0.1, 0.15) is 0 Å². The standard InChI is InChI=1S/C20H25N3O2/c1-4-23(5-2)20(25)16-8-12-18(13-9-16)22-19(24)14-21-17-10-6-15(3)7-11-17/h6-13,21H,4-5,14H2,1-3H3,(H,22,24). The second-order valence-corrected chi connectivity index (χ2v) is 5.82. The van der Waals surface area contributed by atoms with Crippen molar-refractivity contribution in [3.63, 3.8) is 0 Å². The highest BCUT2D eigenvalue weighted by atomic mass is 16.2. The lowest BCUT2D eigenvalue weighted by molar-refractivity contribution is -0.114. The minimum atomic E-state index is -0.136. The van der Waals surface area contributed by atoms with Crippen molar-refractivity contribution in [3.05, 3.63) is 59.7 Å². The number of benzene rings is 2. The molecule has 2 N–H and O–H groups in total. The molecule has 0 fully saturated rings. The molecule has 2 aromatic carbocycles. The molecule has 0 heterocycles. The predicted octanol–water partition coefficient (Wildman–Crippen LogP) is 3.53. The number of carbonyl (C=O) groups excluding carboxylic acids is 2. The van der Waals surface area contributed by atoms with Gasteiger partial charge in [-0.1, -0.05) is 17.7 Å². The molecule has 0 saturated carbocycles. The lowest BCUT2D eigenvalue weighted by Gasteiger charge is -2.18. The van der Waals surface area contributed by atoms with E-state index in [4.69, 9.17) is 0 Å². The van der Waals surface area contributed by atoms with Crippen LogP contribution in [0.5, 0.6) is 0 Å². The fourth-order valence-corrected chi connectivity index (χ4v) is 2.45. The van der Waals surface area contributed by atoms with Crippen LogP contribution in [0.4, 0.5) is 11.4 Å². The monoisotopic (exact) mass is 339 g/mol. The number of rotatable bonds is 7. The molecule has 2 amide bonds. The molecule has 0 spiro atoms. The van der Waals surface area contributed by atoms with E-state index >= 15 is 0 Å². The number of aryl methyl sites for hydroxylation is 1. The molecule has 0 aliphatic heterocycles. The Kier molecular flexibility index (Phi) is 6.57. The van der Waals surface area contributed by atoms with Crippen molar-refractivity contribution >= 4 is 23.2 Å². The molecule has 132 valence electrons. The van der Waals surface area contributed by atoms with Crippen molar-refractivity contribution in [1.29, 1.82) is 0 Å². The van der Waals surface area contributed by atoms with Crippen molar-refractivity contribution in [1.82, 2.24) is 4.90 Å². The lowest BCUT2D eigenvalue weighted by Crippen LogP contribution is -2.30. The zero-order valence-corrected chi connectivity index (χ0v) is 15.0. The molecule has 0 saturated heterocycles. The molecule has 0 aliphatic rings. The van der Waals surface area contributed by atoms with Crippen LogP contribution in [0.15, 0.2) is 48.5 Å². The topological polar surface area (TPSA) is 61.4 Å². The van der Waals surface area contributed by atoms with E-state index < -0.39 is 0 Å². The second-order valence-electron chi connectivity index (χ2n) is 5.82. The SMILES string of the molecule is CCN(CC)C(=O)c1ccc(NC(=O)CNc2ccc(C)cc2)cc1. The van der Waals surface area contributed by atoms with Gasteiger partial charge < -0.3 is 15.5 Å². The summed E-state index contributed by atoms with van der Waals surface area (Å²) in [6.07, 6.45) is 0. The summed E-state index contributed by atoms with van der Waals surface area (Å²) in [5.74, 6) is -0.132. The Morgan fingerprint density at radius 3 is 2.00 bits per heavy atom. The van der Waals surface area contributed by atoms with Gasteiger partial charge in [0.2, 0.25) is 5.91 Å². The first kappa shape index (κ1) is 18.5. The molecule has 0 aromatic heterocycles. The average molecular weight is 339 g/mol. The number of nitrogens with one attached hydrogen (secondary N) is 2. The van der Waals surface area contributed by atoms with Crippen molar-refractivity contribution in [2.75, 3.05) is 30.3 Å². The third-order valence-corrected chi connectivity index (χ3v) is 3.97. The molecular formula is C20H25N3O2. The van der Waals surface area contributed by atoms with Crippen LogP contribution in [-0.2, 0) is 4.79 Å². The number of hydrogen-bond donors (Lipinski definition) is 2. The second kappa shape index (κ2) is 8.87. The fourth-order valence-electron chi connectivity index (χ4n) is 2.45. The Balaban J connectivity index is 1.88. The van der Waals surface area contributed by atoms with Gasteiger partial charge in [0.15, 0.2) is 0 Å². The molecule has 0 bridgehead atoms. The third-order valence-electron chi connectivity index (χ3n) is 3.97. The van der Waals surface area contributed by atoms with Crippen LogP contribution in [0.25, 0.3) is 0 Å². The largest absolute Gasteiger partial charge is 0.376 e. The molecule has 2 aromatic rings. The predicted molar refractivity (Wildman–Crippen MR) is 102 cm³/mol. The maximum Gasteiger partial charge on any atom is 0.253 e. The van der Waals surface area contributed by atoms with E-state index in [-0.39, 0.29) is 18.4 Å². The molecule has 0 aliphatic carbocycles. The highest BCUT2D eigenvalue weighted by Gasteiger charge is 2.12.